The van der Waals surface area contributed by atoms with E-state index in [-0.39, 0.29) is 64.9 Å². The molecule has 0 amide bonds. The van der Waals surface area contributed by atoms with Crippen molar-refractivity contribution >= 4 is 25.8 Å². The summed E-state index contributed by atoms with van der Waals surface area (Å²) in [6.45, 7) is 0. The summed E-state index contributed by atoms with van der Waals surface area (Å²) in [6, 6.07) is 0. The van der Waals surface area contributed by atoms with Crippen molar-refractivity contribution in [2.24, 2.45) is 0 Å². The van der Waals surface area contributed by atoms with Crippen molar-refractivity contribution in [2.75, 3.05) is 0 Å². The monoisotopic (exact) mass is 284 g/mol. The van der Waals surface area contributed by atoms with Crippen molar-refractivity contribution in [2.45, 2.75) is 0 Å². The van der Waals surface area contributed by atoms with Gasteiger partial charge in [0.2, 0.25) is 0 Å². The molecule has 0 aromatic rings. The predicted molar refractivity (Wildman–Crippen MR) is 19.9 cm³/mol. The van der Waals surface area contributed by atoms with E-state index in [2.05, 4.69) is 0 Å². The zero-order valence-electron chi connectivity index (χ0n) is 0.781. The molecule has 0 saturated carbocycles. The third-order valence-corrected chi connectivity index (χ3v) is 0. The first kappa shape index (κ1) is 40.3. The van der Waals surface area contributed by atoms with Crippen LogP contribution in [0.2, 0.25) is 0 Å². The van der Waals surface area contributed by atoms with Gasteiger partial charge in [-0.2, -0.15) is 0 Å². The van der Waals surface area contributed by atoms with Crippen molar-refractivity contribution < 1.29 is 39.2 Å². The second-order valence-electron chi connectivity index (χ2n) is 0. The van der Waals surface area contributed by atoms with Crippen LogP contribution in [0.1, 0.15) is 0 Å². The van der Waals surface area contributed by atoms with Gasteiger partial charge in [0, 0.05) is 39.2 Å². The standard InChI is InChI=1S/Al.BH3.Co.Ta.3H/h;1H3;;;;;. The first-order valence-corrected chi connectivity index (χ1v) is 0. The quantitative estimate of drug-likeness (QED) is 0.436. The third-order valence-electron chi connectivity index (χ3n) is 0. The fraction of sp³-hybridized carbons (Fsp3) is 0. The molecule has 0 unspecified atom stereocenters. The Morgan fingerprint density at radius 3 is 1.00 bits per heavy atom. The smallest absolute Gasteiger partial charge is 0 e. The van der Waals surface area contributed by atoms with Crippen molar-refractivity contribution in [3.63, 3.8) is 0 Å². The molecule has 2 radical (unpaired) electrons. The Hall–Kier alpha value is 1.84. The topological polar surface area (TPSA) is 0 Å². The van der Waals surface area contributed by atoms with E-state index in [1.165, 1.54) is 0 Å². The van der Waals surface area contributed by atoms with Gasteiger partial charge in [0.15, 0.2) is 17.4 Å². The van der Waals surface area contributed by atoms with E-state index in [1.807, 2.05) is 0 Å². The molecule has 0 nitrogen and oxygen atoms in total. The summed E-state index contributed by atoms with van der Waals surface area (Å²) >= 11 is 0. The molecule has 0 atom stereocenters. The molecule has 0 fully saturated rings. The van der Waals surface area contributed by atoms with Crippen LogP contribution >= 0.6 is 0 Å². The molecular formula is H6AlBCoTa. The first-order valence-electron chi connectivity index (χ1n) is 0. The maximum absolute atomic E-state index is 0. The van der Waals surface area contributed by atoms with E-state index >= 15 is 0 Å². The Bertz CT molecular complexity index is 8.00. The van der Waals surface area contributed by atoms with E-state index in [4.69, 9.17) is 0 Å². The number of hydrogen-bond donors (Lipinski definition) is 0. The van der Waals surface area contributed by atoms with E-state index < -0.39 is 0 Å². The minimum Gasteiger partial charge on any atom is 0 e. The van der Waals surface area contributed by atoms with Gasteiger partial charge in [0.1, 0.15) is 0 Å². The largest absolute Gasteiger partial charge is 0.187 e. The molecule has 0 aliphatic carbocycles. The van der Waals surface area contributed by atoms with E-state index in [0.29, 0.717) is 0 Å². The maximum Gasteiger partial charge on any atom is 0.187 e. The normalized spacial score (nSPS) is 0. The van der Waals surface area contributed by atoms with Crippen LogP contribution in [-0.2, 0) is 39.2 Å². The average molecular weight is 284 g/mol. The Kier molecular flexibility index (Phi) is 212. The van der Waals surface area contributed by atoms with Gasteiger partial charge < -0.3 is 0 Å². The van der Waals surface area contributed by atoms with Crippen molar-refractivity contribution in [1.29, 1.82) is 0 Å². The predicted octanol–water partition coefficient (Wildman–Crippen LogP) is -2.37. The zero-order valence-corrected chi connectivity index (χ0v) is 5.03. The Labute approximate surface area is 64.5 Å². The van der Waals surface area contributed by atoms with Gasteiger partial charge in [-0.05, 0) is 0 Å². The van der Waals surface area contributed by atoms with Crippen LogP contribution in [0.5, 0.6) is 0 Å². The molecule has 4 heteroatoms. The van der Waals surface area contributed by atoms with Gasteiger partial charge in [-0.25, -0.2) is 0 Å². The molecule has 0 aliphatic rings. The van der Waals surface area contributed by atoms with Gasteiger partial charge >= 0.3 is 0 Å². The fourth-order valence-corrected chi connectivity index (χ4v) is 0. The summed E-state index contributed by atoms with van der Waals surface area (Å²) in [5, 5.41) is 0. The second-order valence-corrected chi connectivity index (χ2v) is 0. The number of rotatable bonds is 0. The zero-order chi connectivity index (χ0) is 0. The molecule has 0 rings (SSSR count). The van der Waals surface area contributed by atoms with Crippen LogP contribution in [0, 0.1) is 0 Å². The molecule has 0 aromatic heterocycles. The van der Waals surface area contributed by atoms with Gasteiger partial charge in [-0.3, -0.25) is 0 Å². The van der Waals surface area contributed by atoms with E-state index in [0.717, 1.165) is 0 Å². The van der Waals surface area contributed by atoms with Crippen molar-refractivity contribution in [3.05, 3.63) is 0 Å². The Morgan fingerprint density at radius 2 is 1.00 bits per heavy atom. The summed E-state index contributed by atoms with van der Waals surface area (Å²) < 4.78 is 0. The van der Waals surface area contributed by atoms with Crippen LogP contribution in [0.3, 0.4) is 0 Å². The van der Waals surface area contributed by atoms with Crippen molar-refractivity contribution in [1.82, 2.24) is 0 Å². The summed E-state index contributed by atoms with van der Waals surface area (Å²) in [7, 11) is 0. The molecule has 26 valence electrons. The molecule has 0 heterocycles. The second kappa shape index (κ2) is 21.0. The molecule has 0 bridgehead atoms. The molecule has 0 spiro atoms. The summed E-state index contributed by atoms with van der Waals surface area (Å²) in [5.74, 6) is 0. The Morgan fingerprint density at radius 1 is 1.00 bits per heavy atom. The van der Waals surface area contributed by atoms with Gasteiger partial charge in [-0.15, -0.1) is 0 Å². The third kappa shape index (κ3) is 9.14. The number of hydrogen-bond acceptors (Lipinski definition) is 0. The Balaban J connectivity index is 0. The van der Waals surface area contributed by atoms with Crippen LogP contribution < -0.4 is 0 Å². The maximum atomic E-state index is 0. The fourth-order valence-electron chi connectivity index (χ4n) is 0. The van der Waals surface area contributed by atoms with Gasteiger partial charge in [0.25, 0.3) is 0 Å². The van der Waals surface area contributed by atoms with E-state index in [1.54, 1.807) is 0 Å². The minimum atomic E-state index is 0. The SMILES string of the molecule is B.[AlH3].[Co].[Ta]. The van der Waals surface area contributed by atoms with Gasteiger partial charge in [0.05, 0.1) is 8.41 Å². The molecule has 4 heavy (non-hydrogen) atoms. The van der Waals surface area contributed by atoms with Crippen LogP contribution in [0.4, 0.5) is 0 Å². The summed E-state index contributed by atoms with van der Waals surface area (Å²) in [6.07, 6.45) is 0. The summed E-state index contributed by atoms with van der Waals surface area (Å²) in [5.41, 5.74) is 0. The van der Waals surface area contributed by atoms with Crippen LogP contribution in [-0.4, -0.2) is 25.8 Å². The van der Waals surface area contributed by atoms with E-state index in [9.17, 15) is 0 Å². The molecule has 0 N–H and O–H groups in total. The van der Waals surface area contributed by atoms with Crippen LogP contribution in [0.25, 0.3) is 0 Å². The molecule has 0 aromatic carbocycles. The van der Waals surface area contributed by atoms with Gasteiger partial charge in [-0.1, -0.05) is 0 Å². The first-order chi connectivity index (χ1) is 0. The minimum absolute atomic E-state index is 0. The average Bonchev–Trinajstić information content (AvgIpc) is 0. The molecular weight excluding hydrogens is 278 g/mol. The van der Waals surface area contributed by atoms with Crippen LogP contribution in [0.15, 0.2) is 0 Å². The summed E-state index contributed by atoms with van der Waals surface area (Å²) in [4.78, 5) is 0. The molecule has 0 aliphatic heterocycles. The van der Waals surface area contributed by atoms with Crippen molar-refractivity contribution in [3.8, 4) is 0 Å². The molecule has 0 saturated heterocycles.